The highest BCUT2D eigenvalue weighted by Gasteiger charge is 2.29. The second-order valence-electron chi connectivity index (χ2n) is 8.79. The number of carbonyl (C=O) groups is 2. The minimum Gasteiger partial charge on any atom is -0.339 e. The Bertz CT molecular complexity index is 1280. The van der Waals surface area contributed by atoms with Crippen molar-refractivity contribution < 1.29 is 9.59 Å². The molecular formula is C28H28N4O2S. The summed E-state index contributed by atoms with van der Waals surface area (Å²) in [5, 5.41) is 6.01. The van der Waals surface area contributed by atoms with Crippen molar-refractivity contribution in [1.82, 2.24) is 20.1 Å². The third kappa shape index (κ3) is 5.58. The monoisotopic (exact) mass is 484 g/mol. The number of pyridine rings is 1. The van der Waals surface area contributed by atoms with E-state index in [0.29, 0.717) is 24.4 Å². The number of aromatic nitrogens is 1. The quantitative estimate of drug-likeness (QED) is 0.431. The zero-order valence-corrected chi connectivity index (χ0v) is 20.3. The largest absolute Gasteiger partial charge is 0.339 e. The number of amides is 2. The van der Waals surface area contributed by atoms with Gasteiger partial charge in [0, 0.05) is 50.7 Å². The lowest BCUT2D eigenvalue weighted by atomic mass is 10.0. The molecule has 1 saturated heterocycles. The fourth-order valence-corrected chi connectivity index (χ4v) is 5.20. The van der Waals surface area contributed by atoms with E-state index >= 15 is 0 Å². The summed E-state index contributed by atoms with van der Waals surface area (Å²) in [5.74, 6) is -0.221. The topological polar surface area (TPSA) is 65.5 Å². The molecular weight excluding hydrogens is 456 g/mol. The Hall–Kier alpha value is -3.55. The van der Waals surface area contributed by atoms with Gasteiger partial charge >= 0.3 is 0 Å². The second-order valence-corrected chi connectivity index (χ2v) is 9.73. The maximum atomic E-state index is 13.5. The third-order valence-corrected chi connectivity index (χ3v) is 7.29. The van der Waals surface area contributed by atoms with Gasteiger partial charge in [-0.15, -0.1) is 11.3 Å². The van der Waals surface area contributed by atoms with Gasteiger partial charge in [-0.1, -0.05) is 60.7 Å². The van der Waals surface area contributed by atoms with Gasteiger partial charge in [0.25, 0.3) is 5.91 Å². The molecule has 7 heteroatoms. The predicted molar refractivity (Wildman–Crippen MR) is 139 cm³/mol. The number of para-hydroxylation sites is 1. The number of piperazine rings is 1. The Kier molecular flexibility index (Phi) is 7.16. The van der Waals surface area contributed by atoms with Crippen LogP contribution in [0.25, 0.3) is 10.9 Å². The Balaban J connectivity index is 1.24. The van der Waals surface area contributed by atoms with Gasteiger partial charge in [0.05, 0.1) is 10.4 Å². The van der Waals surface area contributed by atoms with Crippen molar-refractivity contribution in [2.45, 2.75) is 19.0 Å². The van der Waals surface area contributed by atoms with Crippen molar-refractivity contribution in [1.29, 1.82) is 0 Å². The van der Waals surface area contributed by atoms with Crippen LogP contribution in [0, 0.1) is 0 Å². The molecule has 4 aromatic rings. The highest BCUT2D eigenvalue weighted by molar-refractivity contribution is 7.12. The van der Waals surface area contributed by atoms with Crippen LogP contribution in [0.5, 0.6) is 0 Å². The first-order chi connectivity index (χ1) is 17.2. The number of hydrogen-bond acceptors (Lipinski definition) is 5. The number of carbonyl (C=O) groups excluding carboxylic acids is 2. The molecule has 0 aliphatic carbocycles. The zero-order valence-electron chi connectivity index (χ0n) is 19.5. The van der Waals surface area contributed by atoms with Gasteiger partial charge in [0.15, 0.2) is 0 Å². The van der Waals surface area contributed by atoms with E-state index in [-0.39, 0.29) is 11.8 Å². The zero-order chi connectivity index (χ0) is 24.0. The maximum Gasteiger partial charge on any atom is 0.262 e. The van der Waals surface area contributed by atoms with E-state index in [2.05, 4.69) is 39.5 Å². The fourth-order valence-electron chi connectivity index (χ4n) is 4.57. The maximum absolute atomic E-state index is 13.5. The number of thiophene rings is 1. The summed E-state index contributed by atoms with van der Waals surface area (Å²) in [7, 11) is 0. The SMILES string of the molecule is O=C(NC(Cc1ccccc1)C(=O)N1CCN(Cc2cccc3cccnc23)CC1)c1cccs1. The molecule has 1 unspecified atom stereocenters. The van der Waals surface area contributed by atoms with Crippen LogP contribution < -0.4 is 5.32 Å². The average molecular weight is 485 g/mol. The van der Waals surface area contributed by atoms with Crippen molar-refractivity contribution >= 4 is 34.1 Å². The van der Waals surface area contributed by atoms with E-state index in [1.54, 1.807) is 6.07 Å². The lowest BCUT2D eigenvalue weighted by molar-refractivity contribution is -0.135. The summed E-state index contributed by atoms with van der Waals surface area (Å²) in [6.45, 7) is 3.64. The van der Waals surface area contributed by atoms with E-state index < -0.39 is 6.04 Å². The van der Waals surface area contributed by atoms with Crippen molar-refractivity contribution in [2.24, 2.45) is 0 Å². The van der Waals surface area contributed by atoms with Crippen molar-refractivity contribution in [2.75, 3.05) is 26.2 Å². The molecule has 1 N–H and O–H groups in total. The minimum absolute atomic E-state index is 0.0229. The smallest absolute Gasteiger partial charge is 0.262 e. The normalized spacial score (nSPS) is 15.1. The van der Waals surface area contributed by atoms with Gasteiger partial charge in [0.1, 0.15) is 6.04 Å². The molecule has 0 radical (unpaired) electrons. The van der Waals surface area contributed by atoms with Crippen LogP contribution in [0.1, 0.15) is 20.8 Å². The lowest BCUT2D eigenvalue weighted by Gasteiger charge is -2.36. The molecule has 35 heavy (non-hydrogen) atoms. The number of fused-ring (bicyclic) bond motifs is 1. The van der Waals surface area contributed by atoms with Crippen LogP contribution >= 0.6 is 11.3 Å². The van der Waals surface area contributed by atoms with Crippen LogP contribution in [0.15, 0.2) is 84.4 Å². The molecule has 1 aliphatic rings. The Morgan fingerprint density at radius 1 is 0.914 bits per heavy atom. The summed E-state index contributed by atoms with van der Waals surface area (Å²) >= 11 is 1.38. The number of rotatable bonds is 7. The summed E-state index contributed by atoms with van der Waals surface area (Å²) in [6, 6.07) is 23.2. The molecule has 0 spiro atoms. The standard InChI is InChI=1S/C28H28N4O2S/c33-27(25-12-6-18-35-25)30-24(19-21-7-2-1-3-8-21)28(34)32-16-14-31(15-17-32)20-23-10-4-9-22-11-5-13-29-26(22)23/h1-13,18,24H,14-17,19-20H2,(H,30,33). The summed E-state index contributed by atoms with van der Waals surface area (Å²) in [5.41, 5.74) is 3.26. The van der Waals surface area contributed by atoms with Crippen LogP contribution in [0.3, 0.4) is 0 Å². The molecule has 5 rings (SSSR count). The van der Waals surface area contributed by atoms with E-state index in [0.717, 1.165) is 36.1 Å². The summed E-state index contributed by atoms with van der Waals surface area (Å²) < 4.78 is 0. The average Bonchev–Trinajstić information content (AvgIpc) is 3.45. The Morgan fingerprint density at radius 2 is 1.71 bits per heavy atom. The number of benzene rings is 2. The molecule has 1 atom stereocenters. The van der Waals surface area contributed by atoms with Gasteiger partial charge in [-0.25, -0.2) is 0 Å². The molecule has 0 bridgehead atoms. The highest BCUT2D eigenvalue weighted by Crippen LogP contribution is 2.19. The molecule has 0 saturated carbocycles. The highest BCUT2D eigenvalue weighted by atomic mass is 32.1. The molecule has 6 nitrogen and oxygen atoms in total. The van der Waals surface area contributed by atoms with Gasteiger partial charge in [0.2, 0.25) is 5.91 Å². The lowest BCUT2D eigenvalue weighted by Crippen LogP contribution is -2.55. The van der Waals surface area contributed by atoms with E-state index in [1.807, 2.05) is 58.9 Å². The number of hydrogen-bond donors (Lipinski definition) is 1. The fraction of sp³-hybridized carbons (Fsp3) is 0.250. The van der Waals surface area contributed by atoms with Gasteiger partial charge < -0.3 is 10.2 Å². The van der Waals surface area contributed by atoms with Crippen molar-refractivity contribution in [3.8, 4) is 0 Å². The van der Waals surface area contributed by atoms with Crippen molar-refractivity contribution in [3.05, 3.63) is 100 Å². The summed E-state index contributed by atoms with van der Waals surface area (Å²) in [4.78, 5) is 35.7. The van der Waals surface area contributed by atoms with Crippen LogP contribution in [0.4, 0.5) is 0 Å². The predicted octanol–water partition coefficient (Wildman–Crippen LogP) is 3.98. The molecule has 1 aliphatic heterocycles. The Labute approximate surface area is 209 Å². The first kappa shape index (κ1) is 23.2. The van der Waals surface area contributed by atoms with Crippen LogP contribution in [0.2, 0.25) is 0 Å². The van der Waals surface area contributed by atoms with Crippen LogP contribution in [-0.2, 0) is 17.8 Å². The van der Waals surface area contributed by atoms with E-state index in [1.165, 1.54) is 16.9 Å². The first-order valence-electron chi connectivity index (χ1n) is 11.9. The third-order valence-electron chi connectivity index (χ3n) is 6.43. The molecule has 1 fully saturated rings. The summed E-state index contributed by atoms with van der Waals surface area (Å²) in [6.07, 6.45) is 2.30. The molecule has 2 aromatic carbocycles. The first-order valence-corrected chi connectivity index (χ1v) is 12.8. The molecule has 2 aromatic heterocycles. The molecule has 3 heterocycles. The minimum atomic E-state index is -0.596. The van der Waals surface area contributed by atoms with Crippen LogP contribution in [-0.4, -0.2) is 58.8 Å². The molecule has 178 valence electrons. The van der Waals surface area contributed by atoms with Gasteiger partial charge in [-0.3, -0.25) is 19.5 Å². The van der Waals surface area contributed by atoms with Gasteiger partial charge in [-0.05, 0) is 28.6 Å². The molecule has 2 amide bonds. The van der Waals surface area contributed by atoms with Gasteiger partial charge in [-0.2, -0.15) is 0 Å². The number of nitrogens with zero attached hydrogens (tertiary/aromatic N) is 3. The van der Waals surface area contributed by atoms with E-state index in [4.69, 9.17) is 0 Å². The van der Waals surface area contributed by atoms with Crippen molar-refractivity contribution in [3.63, 3.8) is 0 Å². The Morgan fingerprint density at radius 3 is 2.49 bits per heavy atom. The van der Waals surface area contributed by atoms with E-state index in [9.17, 15) is 9.59 Å². The number of nitrogens with one attached hydrogen (secondary N) is 1. The second kappa shape index (κ2) is 10.8.